The van der Waals surface area contributed by atoms with E-state index in [0.29, 0.717) is 0 Å². The highest BCUT2D eigenvalue weighted by Gasteiger charge is 2.54. The van der Waals surface area contributed by atoms with Gasteiger partial charge in [-0.2, -0.15) is 10.4 Å². The average Bonchev–Trinajstić information content (AvgIpc) is 2.92. The van der Waals surface area contributed by atoms with Crippen LogP contribution in [0.4, 0.5) is 0 Å². The zero-order valence-corrected chi connectivity index (χ0v) is 15.4. The lowest BCUT2D eigenvalue weighted by Gasteiger charge is -2.50. The number of allylic oxidation sites excluding steroid dienone is 2. The van der Waals surface area contributed by atoms with Crippen LogP contribution in [-0.2, 0) is 16.6 Å². The Balaban J connectivity index is 2.10. The Bertz CT molecular complexity index is 965. The van der Waals surface area contributed by atoms with E-state index in [-0.39, 0.29) is 17.3 Å². The van der Waals surface area contributed by atoms with Crippen LogP contribution in [0.3, 0.4) is 0 Å². The molecule has 0 aromatic carbocycles. The van der Waals surface area contributed by atoms with E-state index in [9.17, 15) is 10.1 Å². The van der Waals surface area contributed by atoms with Gasteiger partial charge in [-0.05, 0) is 40.3 Å². The molecule has 24 heavy (non-hydrogen) atoms. The van der Waals surface area contributed by atoms with Crippen molar-refractivity contribution in [1.82, 2.24) is 14.6 Å². The number of halogens is 1. The number of rotatable bonds is 0. The third-order valence-corrected chi connectivity index (χ3v) is 6.32. The Hall–Kier alpha value is -2.00. The molecule has 2 aliphatic carbocycles. The smallest absolute Gasteiger partial charge is 0.178 e. The molecule has 0 radical (unpaired) electrons. The summed E-state index contributed by atoms with van der Waals surface area (Å²) in [5.74, 6) is 0.0681. The molecule has 0 bridgehead atoms. The van der Waals surface area contributed by atoms with E-state index in [2.05, 4.69) is 39.0 Å². The average molecular weight is 385 g/mol. The lowest BCUT2D eigenvalue weighted by Crippen LogP contribution is -2.51. The second-order valence-electron chi connectivity index (χ2n) is 7.45. The fourth-order valence-corrected chi connectivity index (χ4v) is 5.06. The molecule has 4 rings (SSSR count). The Morgan fingerprint density at radius 2 is 2.12 bits per heavy atom. The zero-order chi connectivity index (χ0) is 17.3. The fraction of sp³-hybridized carbons (Fsp3) is 0.444. The molecule has 2 aromatic heterocycles. The van der Waals surface area contributed by atoms with Crippen LogP contribution in [0.2, 0.25) is 0 Å². The van der Waals surface area contributed by atoms with Gasteiger partial charge in [0.2, 0.25) is 0 Å². The first-order chi connectivity index (χ1) is 11.3. The van der Waals surface area contributed by atoms with Crippen molar-refractivity contribution in [3.8, 4) is 6.07 Å². The Kier molecular flexibility index (Phi) is 3.08. The molecule has 122 valence electrons. The molecule has 0 spiro atoms. The maximum Gasteiger partial charge on any atom is 0.178 e. The Labute approximate surface area is 148 Å². The summed E-state index contributed by atoms with van der Waals surface area (Å²) in [6.07, 6.45) is 7.26. The van der Waals surface area contributed by atoms with E-state index in [4.69, 9.17) is 0 Å². The summed E-state index contributed by atoms with van der Waals surface area (Å²) in [6, 6.07) is 2.11. The van der Waals surface area contributed by atoms with Crippen molar-refractivity contribution in [3.63, 3.8) is 0 Å². The minimum Gasteiger partial charge on any atom is -0.293 e. The number of hydrogen-bond acceptors (Lipinski definition) is 4. The van der Waals surface area contributed by atoms with E-state index >= 15 is 0 Å². The van der Waals surface area contributed by atoms with Gasteiger partial charge in [-0.25, -0.2) is 9.50 Å². The highest BCUT2D eigenvalue weighted by molar-refractivity contribution is 9.10. The number of hydrogen-bond donors (Lipinski definition) is 0. The monoisotopic (exact) mass is 384 g/mol. The normalized spacial score (nSPS) is 28.0. The lowest BCUT2D eigenvalue weighted by atomic mass is 9.52. The molecule has 2 heterocycles. The molecule has 0 saturated carbocycles. The second kappa shape index (κ2) is 4.76. The summed E-state index contributed by atoms with van der Waals surface area (Å²) in [5, 5.41) is 14.0. The van der Waals surface area contributed by atoms with Gasteiger partial charge in [-0.3, -0.25) is 4.79 Å². The maximum absolute atomic E-state index is 12.7. The fourth-order valence-electron chi connectivity index (χ4n) is 4.69. The number of Topliss-reactive ketones (excluding diaryl/α,β-unsaturated/α-hetero) is 1. The molecule has 0 N–H and O–H groups in total. The van der Waals surface area contributed by atoms with Crippen molar-refractivity contribution < 1.29 is 4.79 Å². The second-order valence-corrected chi connectivity index (χ2v) is 8.31. The highest BCUT2D eigenvalue weighted by atomic mass is 79.9. The van der Waals surface area contributed by atoms with Crippen LogP contribution in [0.25, 0.3) is 5.65 Å². The molecule has 0 aliphatic heterocycles. The number of carbonyl (C=O) groups excluding carboxylic acids is 1. The molecule has 0 saturated heterocycles. The zero-order valence-electron chi connectivity index (χ0n) is 13.8. The van der Waals surface area contributed by atoms with Crippen LogP contribution >= 0.6 is 15.9 Å². The van der Waals surface area contributed by atoms with E-state index in [1.807, 2.05) is 30.6 Å². The molecule has 2 atom stereocenters. The standard InChI is InChI=1S/C18H17BrN4O/c1-17(2)13-5-4-10-8-21-16-12(19)9-22-23(16)14(10)18(13,3)6-11(7-20)15(17)24/h6,8-9,13H,4-5H2,1-3H3. The van der Waals surface area contributed by atoms with Crippen LogP contribution in [0, 0.1) is 22.7 Å². The van der Waals surface area contributed by atoms with Gasteiger partial charge in [0.05, 0.1) is 21.9 Å². The third kappa shape index (κ3) is 1.76. The molecule has 5 nitrogen and oxygen atoms in total. The molecular formula is C18H17BrN4O. The van der Waals surface area contributed by atoms with Gasteiger partial charge < -0.3 is 0 Å². The van der Waals surface area contributed by atoms with Gasteiger partial charge in [-0.15, -0.1) is 0 Å². The van der Waals surface area contributed by atoms with E-state index in [1.54, 1.807) is 6.20 Å². The number of nitriles is 1. The molecule has 2 aliphatic rings. The summed E-state index contributed by atoms with van der Waals surface area (Å²) in [7, 11) is 0. The molecule has 6 heteroatoms. The summed E-state index contributed by atoms with van der Waals surface area (Å²) in [4.78, 5) is 17.2. The number of aryl methyl sites for hydroxylation is 1. The molecule has 0 fully saturated rings. The Morgan fingerprint density at radius 3 is 2.83 bits per heavy atom. The summed E-state index contributed by atoms with van der Waals surface area (Å²) in [6.45, 7) is 6.05. The largest absolute Gasteiger partial charge is 0.293 e. The number of ketones is 1. The van der Waals surface area contributed by atoms with Crippen LogP contribution in [0.1, 0.15) is 38.4 Å². The minimum absolute atomic E-state index is 0.0529. The molecule has 0 amide bonds. The van der Waals surface area contributed by atoms with Gasteiger partial charge in [0.25, 0.3) is 0 Å². The van der Waals surface area contributed by atoms with Gasteiger partial charge in [0.15, 0.2) is 11.4 Å². The van der Waals surface area contributed by atoms with Crippen molar-refractivity contribution in [2.75, 3.05) is 0 Å². The highest BCUT2D eigenvalue weighted by Crippen LogP contribution is 2.54. The van der Waals surface area contributed by atoms with Gasteiger partial charge in [0.1, 0.15) is 6.07 Å². The van der Waals surface area contributed by atoms with Crippen molar-refractivity contribution in [2.45, 2.75) is 39.0 Å². The number of fused-ring (bicyclic) bond motifs is 5. The Morgan fingerprint density at radius 1 is 1.38 bits per heavy atom. The first-order valence-electron chi connectivity index (χ1n) is 8.00. The van der Waals surface area contributed by atoms with Gasteiger partial charge >= 0.3 is 0 Å². The lowest BCUT2D eigenvalue weighted by molar-refractivity contribution is -0.128. The maximum atomic E-state index is 12.7. The van der Waals surface area contributed by atoms with Crippen molar-refractivity contribution >= 4 is 27.4 Å². The summed E-state index contributed by atoms with van der Waals surface area (Å²) in [5.41, 5.74) is 2.19. The van der Waals surface area contributed by atoms with Gasteiger partial charge in [-0.1, -0.05) is 26.8 Å². The topological polar surface area (TPSA) is 71.0 Å². The minimum atomic E-state index is -0.577. The number of carbonyl (C=O) groups is 1. The summed E-state index contributed by atoms with van der Waals surface area (Å²) >= 11 is 3.49. The van der Waals surface area contributed by atoms with Crippen molar-refractivity contribution in [2.24, 2.45) is 11.3 Å². The van der Waals surface area contributed by atoms with Crippen molar-refractivity contribution in [1.29, 1.82) is 5.26 Å². The third-order valence-electron chi connectivity index (χ3n) is 5.76. The number of aromatic nitrogens is 3. The predicted molar refractivity (Wildman–Crippen MR) is 92.3 cm³/mol. The number of nitrogens with zero attached hydrogens (tertiary/aromatic N) is 4. The first kappa shape index (κ1) is 15.5. The molecular weight excluding hydrogens is 368 g/mol. The van der Waals surface area contributed by atoms with Crippen LogP contribution in [-0.4, -0.2) is 20.4 Å². The quantitative estimate of drug-likeness (QED) is 0.697. The van der Waals surface area contributed by atoms with Crippen LogP contribution in [0.15, 0.2) is 28.5 Å². The van der Waals surface area contributed by atoms with E-state index in [1.165, 1.54) is 0 Å². The SMILES string of the molecule is CC1(C)C(=O)C(C#N)=CC2(C)c3c(cnc4c(Br)cnn34)CCC12. The van der Waals surface area contributed by atoms with Crippen LogP contribution < -0.4 is 0 Å². The van der Waals surface area contributed by atoms with E-state index in [0.717, 1.165) is 34.2 Å². The predicted octanol–water partition coefficient (Wildman–Crippen LogP) is 3.37. The van der Waals surface area contributed by atoms with Crippen molar-refractivity contribution in [3.05, 3.63) is 39.8 Å². The van der Waals surface area contributed by atoms with E-state index < -0.39 is 10.8 Å². The molecule has 2 unspecified atom stereocenters. The van der Waals surface area contributed by atoms with Crippen LogP contribution in [0.5, 0.6) is 0 Å². The summed E-state index contributed by atoms with van der Waals surface area (Å²) < 4.78 is 2.70. The molecule has 2 aromatic rings. The van der Waals surface area contributed by atoms with Gasteiger partial charge in [0, 0.05) is 17.0 Å². The first-order valence-corrected chi connectivity index (χ1v) is 8.79.